The van der Waals surface area contributed by atoms with Gasteiger partial charge in [-0.05, 0) is 56.6 Å². The van der Waals surface area contributed by atoms with Crippen molar-refractivity contribution in [2.24, 2.45) is 0 Å². The van der Waals surface area contributed by atoms with E-state index in [0.29, 0.717) is 23.3 Å². The lowest BCUT2D eigenvalue weighted by Crippen LogP contribution is -2.19. The Labute approximate surface area is 146 Å². The van der Waals surface area contributed by atoms with Crippen molar-refractivity contribution in [3.05, 3.63) is 60.5 Å². The van der Waals surface area contributed by atoms with Crippen LogP contribution >= 0.6 is 0 Å². The summed E-state index contributed by atoms with van der Waals surface area (Å²) < 4.78 is 45.7. The quantitative estimate of drug-likeness (QED) is 0.677. The first kappa shape index (κ1) is 17.4. The third kappa shape index (κ3) is 3.52. The molecular weight excluding hydrogens is 343 g/mol. The molecule has 1 heterocycles. The van der Waals surface area contributed by atoms with Gasteiger partial charge in [-0.2, -0.15) is 0 Å². The van der Waals surface area contributed by atoms with Crippen molar-refractivity contribution in [3.63, 3.8) is 0 Å². The standard InChI is InChI=1S/C18H19FN2O3S/c1-20(2)12-13-24-18-5-3-4-17-16(18)10-11-21(17)25(22,23)15-8-6-14(19)7-9-15/h3-11H,12-13H2,1-2H3. The molecule has 5 nitrogen and oxygen atoms in total. The van der Waals surface area contributed by atoms with Crippen molar-refractivity contribution in [2.45, 2.75) is 4.90 Å². The minimum atomic E-state index is -3.80. The molecule has 0 amide bonds. The zero-order chi connectivity index (χ0) is 18.0. The highest BCUT2D eigenvalue weighted by atomic mass is 32.2. The molecule has 0 saturated heterocycles. The fraction of sp³-hybridized carbons (Fsp3) is 0.222. The van der Waals surface area contributed by atoms with Gasteiger partial charge in [-0.25, -0.2) is 16.8 Å². The molecule has 7 heteroatoms. The number of fused-ring (bicyclic) bond motifs is 1. The van der Waals surface area contributed by atoms with Crippen LogP contribution in [0.5, 0.6) is 5.75 Å². The van der Waals surface area contributed by atoms with Crippen molar-refractivity contribution in [1.29, 1.82) is 0 Å². The van der Waals surface area contributed by atoms with Crippen LogP contribution in [-0.4, -0.2) is 44.5 Å². The van der Waals surface area contributed by atoms with Gasteiger partial charge in [0.25, 0.3) is 10.0 Å². The molecule has 0 N–H and O–H groups in total. The molecule has 0 saturated carbocycles. The van der Waals surface area contributed by atoms with E-state index >= 15 is 0 Å². The van der Waals surface area contributed by atoms with Crippen LogP contribution in [0.2, 0.25) is 0 Å². The molecule has 0 fully saturated rings. The Morgan fingerprint density at radius 2 is 1.80 bits per heavy atom. The van der Waals surface area contributed by atoms with E-state index in [1.807, 2.05) is 25.1 Å². The molecule has 3 rings (SSSR count). The number of likely N-dealkylation sites (N-methyl/N-ethyl adjacent to an activating group) is 1. The third-order valence-electron chi connectivity index (χ3n) is 3.82. The molecule has 132 valence electrons. The maximum Gasteiger partial charge on any atom is 0.268 e. The topological polar surface area (TPSA) is 51.5 Å². The molecular formula is C18H19FN2O3S. The number of benzene rings is 2. The number of nitrogens with zero attached hydrogens (tertiary/aromatic N) is 2. The van der Waals surface area contributed by atoms with E-state index in [1.165, 1.54) is 22.3 Å². The summed E-state index contributed by atoms with van der Waals surface area (Å²) in [5.74, 6) is 0.153. The van der Waals surface area contributed by atoms with Gasteiger partial charge in [-0.1, -0.05) is 6.07 Å². The van der Waals surface area contributed by atoms with Gasteiger partial charge in [0.05, 0.1) is 10.4 Å². The maximum absolute atomic E-state index is 13.1. The van der Waals surface area contributed by atoms with Gasteiger partial charge < -0.3 is 9.64 Å². The number of rotatable bonds is 6. The summed E-state index contributed by atoms with van der Waals surface area (Å²) in [5, 5.41) is 0.715. The molecule has 0 atom stereocenters. The Kier molecular flexibility index (Phi) is 4.78. The van der Waals surface area contributed by atoms with Crippen molar-refractivity contribution >= 4 is 20.9 Å². The van der Waals surface area contributed by atoms with Crippen molar-refractivity contribution < 1.29 is 17.5 Å². The summed E-state index contributed by atoms with van der Waals surface area (Å²) in [7, 11) is 0.105. The van der Waals surface area contributed by atoms with Crippen LogP contribution < -0.4 is 4.74 Å². The number of hydrogen-bond donors (Lipinski definition) is 0. The highest BCUT2D eigenvalue weighted by Crippen LogP contribution is 2.29. The van der Waals surface area contributed by atoms with Crippen LogP contribution in [0.3, 0.4) is 0 Å². The highest BCUT2D eigenvalue weighted by molar-refractivity contribution is 7.90. The Hall–Kier alpha value is -2.38. The second-order valence-electron chi connectivity index (χ2n) is 5.91. The average molecular weight is 362 g/mol. The highest BCUT2D eigenvalue weighted by Gasteiger charge is 2.20. The fourth-order valence-corrected chi connectivity index (χ4v) is 3.85. The van der Waals surface area contributed by atoms with E-state index in [4.69, 9.17) is 4.74 Å². The number of ether oxygens (including phenoxy) is 1. The summed E-state index contributed by atoms with van der Waals surface area (Å²) in [6.07, 6.45) is 1.49. The molecule has 0 aliphatic rings. The minimum Gasteiger partial charge on any atom is -0.492 e. The average Bonchev–Trinajstić information content (AvgIpc) is 3.00. The van der Waals surface area contributed by atoms with E-state index in [9.17, 15) is 12.8 Å². The lowest BCUT2D eigenvalue weighted by molar-refractivity contribution is 0.263. The summed E-state index contributed by atoms with van der Waals surface area (Å²) in [6, 6.07) is 11.8. The molecule has 0 aliphatic carbocycles. The van der Waals surface area contributed by atoms with Crippen LogP contribution in [-0.2, 0) is 10.0 Å². The van der Waals surface area contributed by atoms with Crippen molar-refractivity contribution in [2.75, 3.05) is 27.2 Å². The molecule has 3 aromatic rings. The van der Waals surface area contributed by atoms with Gasteiger partial charge in [0, 0.05) is 18.1 Å². The summed E-state index contributed by atoms with van der Waals surface area (Å²) in [4.78, 5) is 2.04. The Balaban J connectivity index is 1.99. The summed E-state index contributed by atoms with van der Waals surface area (Å²) in [5.41, 5.74) is 0.520. The SMILES string of the molecule is CN(C)CCOc1cccc2c1ccn2S(=O)(=O)c1ccc(F)cc1. The number of halogens is 1. The normalized spacial score (nSPS) is 12.0. The van der Waals surface area contributed by atoms with Gasteiger partial charge in [0.2, 0.25) is 0 Å². The van der Waals surface area contributed by atoms with Gasteiger partial charge in [-0.15, -0.1) is 0 Å². The molecule has 0 radical (unpaired) electrons. The predicted molar refractivity (Wildman–Crippen MR) is 95.0 cm³/mol. The molecule has 1 aromatic heterocycles. The van der Waals surface area contributed by atoms with Gasteiger partial charge >= 0.3 is 0 Å². The number of hydrogen-bond acceptors (Lipinski definition) is 4. The Morgan fingerprint density at radius 1 is 1.08 bits per heavy atom. The van der Waals surface area contributed by atoms with E-state index < -0.39 is 15.8 Å². The Bertz CT molecular complexity index is 979. The molecule has 25 heavy (non-hydrogen) atoms. The van der Waals surface area contributed by atoms with E-state index in [1.54, 1.807) is 18.2 Å². The molecule has 0 unspecified atom stereocenters. The molecule has 2 aromatic carbocycles. The largest absolute Gasteiger partial charge is 0.492 e. The van der Waals surface area contributed by atoms with E-state index in [0.717, 1.165) is 18.7 Å². The van der Waals surface area contributed by atoms with Crippen molar-refractivity contribution in [3.8, 4) is 5.75 Å². The third-order valence-corrected chi connectivity index (χ3v) is 5.53. The fourth-order valence-electron chi connectivity index (χ4n) is 2.51. The first-order valence-corrected chi connectivity index (χ1v) is 9.22. The minimum absolute atomic E-state index is 0.0327. The predicted octanol–water partition coefficient (Wildman–Crippen LogP) is 2.96. The maximum atomic E-state index is 13.1. The summed E-state index contributed by atoms with van der Waals surface area (Å²) >= 11 is 0. The first-order valence-electron chi connectivity index (χ1n) is 7.78. The zero-order valence-corrected chi connectivity index (χ0v) is 14.8. The molecule has 0 bridgehead atoms. The van der Waals surface area contributed by atoms with Gasteiger partial charge in [0.1, 0.15) is 18.2 Å². The number of aromatic nitrogens is 1. The van der Waals surface area contributed by atoms with Crippen LogP contribution in [0.25, 0.3) is 10.9 Å². The second-order valence-corrected chi connectivity index (χ2v) is 7.73. The van der Waals surface area contributed by atoms with Gasteiger partial charge in [0.15, 0.2) is 0 Å². The van der Waals surface area contributed by atoms with E-state index in [-0.39, 0.29) is 4.90 Å². The van der Waals surface area contributed by atoms with Crippen LogP contribution in [0.15, 0.2) is 59.6 Å². The van der Waals surface area contributed by atoms with Crippen molar-refractivity contribution in [1.82, 2.24) is 8.87 Å². The lowest BCUT2D eigenvalue weighted by Gasteiger charge is -2.12. The van der Waals surface area contributed by atoms with Gasteiger partial charge in [-0.3, -0.25) is 0 Å². The molecule has 0 spiro atoms. The zero-order valence-electron chi connectivity index (χ0n) is 14.0. The van der Waals surface area contributed by atoms with Crippen LogP contribution in [0.4, 0.5) is 4.39 Å². The molecule has 0 aliphatic heterocycles. The lowest BCUT2D eigenvalue weighted by atomic mass is 10.2. The second kappa shape index (κ2) is 6.85. The van der Waals surface area contributed by atoms with Crippen LogP contribution in [0, 0.1) is 5.82 Å². The van der Waals surface area contributed by atoms with E-state index in [2.05, 4.69) is 0 Å². The summed E-state index contributed by atoms with van der Waals surface area (Å²) in [6.45, 7) is 1.26. The Morgan fingerprint density at radius 3 is 2.48 bits per heavy atom. The van der Waals surface area contributed by atoms with Crippen LogP contribution in [0.1, 0.15) is 0 Å². The first-order chi connectivity index (χ1) is 11.9. The smallest absolute Gasteiger partial charge is 0.268 e. The monoisotopic (exact) mass is 362 g/mol.